The number of nitrogen functional groups attached to an aromatic ring is 1. The zero-order valence-corrected chi connectivity index (χ0v) is 21.0. The van der Waals surface area contributed by atoms with Crippen LogP contribution in [0.3, 0.4) is 0 Å². The van der Waals surface area contributed by atoms with Gasteiger partial charge in [-0.2, -0.15) is 9.61 Å². The highest BCUT2D eigenvalue weighted by atomic mass is 16.2. The van der Waals surface area contributed by atoms with Crippen molar-refractivity contribution in [1.82, 2.24) is 39.7 Å². The molecule has 1 amide bonds. The van der Waals surface area contributed by atoms with E-state index in [1.807, 2.05) is 23.2 Å². The van der Waals surface area contributed by atoms with E-state index >= 15 is 0 Å². The van der Waals surface area contributed by atoms with Crippen LogP contribution in [0.4, 0.5) is 11.6 Å². The van der Waals surface area contributed by atoms with Crippen molar-refractivity contribution in [2.75, 3.05) is 11.1 Å². The molecule has 4 N–H and O–H groups in total. The molecule has 3 atom stereocenters. The molecule has 2 aliphatic heterocycles. The van der Waals surface area contributed by atoms with Crippen molar-refractivity contribution in [3.05, 3.63) is 47.9 Å². The maximum absolute atomic E-state index is 13.1. The fourth-order valence-corrected chi connectivity index (χ4v) is 6.13. The fourth-order valence-electron chi connectivity index (χ4n) is 6.13. The van der Waals surface area contributed by atoms with Crippen LogP contribution < -0.4 is 11.1 Å². The number of hydrogen-bond acceptors (Lipinski definition) is 9. The van der Waals surface area contributed by atoms with Gasteiger partial charge in [-0.05, 0) is 57.6 Å². The second kappa shape index (κ2) is 8.61. The van der Waals surface area contributed by atoms with E-state index in [0.29, 0.717) is 35.8 Å². The zero-order valence-electron chi connectivity index (χ0n) is 21.0. The van der Waals surface area contributed by atoms with Crippen LogP contribution >= 0.6 is 0 Å². The van der Waals surface area contributed by atoms with Gasteiger partial charge in [0.25, 0.3) is 5.91 Å². The lowest BCUT2D eigenvalue weighted by atomic mass is 9.85. The molecular formula is C26H28N10O2. The van der Waals surface area contributed by atoms with Crippen molar-refractivity contribution in [3.8, 4) is 11.1 Å². The van der Waals surface area contributed by atoms with Gasteiger partial charge in [0.15, 0.2) is 11.4 Å². The molecule has 2 bridgehead atoms. The first-order valence-electron chi connectivity index (χ1n) is 13.1. The summed E-state index contributed by atoms with van der Waals surface area (Å²) < 4.78 is 1.54. The molecule has 4 aromatic rings. The molecule has 4 aromatic heterocycles. The number of Topliss-reactive ketones (excluding diaryl/α,β-unsaturated/α-hetero) is 1. The van der Waals surface area contributed by atoms with E-state index in [1.165, 1.54) is 26.1 Å². The number of piperidine rings is 1. The van der Waals surface area contributed by atoms with Gasteiger partial charge in [-0.15, -0.1) is 10.2 Å². The van der Waals surface area contributed by atoms with E-state index in [1.54, 1.807) is 10.7 Å². The summed E-state index contributed by atoms with van der Waals surface area (Å²) in [5, 5.41) is 15.5. The van der Waals surface area contributed by atoms with Crippen LogP contribution in [0.25, 0.3) is 16.8 Å². The Bertz CT molecular complexity index is 1530. The van der Waals surface area contributed by atoms with Gasteiger partial charge in [0, 0.05) is 41.4 Å². The first kappa shape index (κ1) is 22.8. The third-order valence-corrected chi connectivity index (χ3v) is 8.04. The van der Waals surface area contributed by atoms with E-state index in [4.69, 9.17) is 10.7 Å². The smallest absolute Gasteiger partial charge is 0.292 e. The predicted octanol–water partition coefficient (Wildman–Crippen LogP) is 2.82. The maximum Gasteiger partial charge on any atom is 0.292 e. The Morgan fingerprint density at radius 3 is 2.53 bits per heavy atom. The molecule has 0 spiro atoms. The molecule has 6 heterocycles. The van der Waals surface area contributed by atoms with Gasteiger partial charge in [-0.25, -0.2) is 9.97 Å². The van der Waals surface area contributed by atoms with Crippen LogP contribution in [0.5, 0.6) is 0 Å². The summed E-state index contributed by atoms with van der Waals surface area (Å²) in [6, 6.07) is 4.56. The molecule has 0 unspecified atom stereocenters. The lowest BCUT2D eigenvalue weighted by Gasteiger charge is -2.38. The van der Waals surface area contributed by atoms with Gasteiger partial charge in [-0.1, -0.05) is 0 Å². The lowest BCUT2D eigenvalue weighted by molar-refractivity contribution is 0.0556. The van der Waals surface area contributed by atoms with Gasteiger partial charge in [-0.3, -0.25) is 9.59 Å². The van der Waals surface area contributed by atoms with Gasteiger partial charge in [0.1, 0.15) is 18.0 Å². The second-order valence-corrected chi connectivity index (χ2v) is 10.6. The monoisotopic (exact) mass is 512 g/mol. The standard InChI is InChI=1S/C26H28N10O2/c1-13(37)21-22(15-8-17-5-6-18(9-15)35(17)26(38)24-29-12-30-34-24)33-25-19(11-31-36(25)23(21)27)14-2-7-20(28-10-14)32-16-3-4-16/h2,7,10-12,15-18H,3-6,8-9,27H2,1H3,(H,28,32)(H,29,30,34)/t15-,17+,18-. The van der Waals surface area contributed by atoms with Crippen molar-refractivity contribution in [1.29, 1.82) is 0 Å². The molecule has 12 nitrogen and oxygen atoms in total. The number of nitrogens with two attached hydrogens (primary N) is 1. The van der Waals surface area contributed by atoms with Crippen LogP contribution in [-0.4, -0.2) is 69.5 Å². The zero-order chi connectivity index (χ0) is 26.0. The number of fused-ring (bicyclic) bond motifs is 3. The van der Waals surface area contributed by atoms with Crippen molar-refractivity contribution in [2.45, 2.75) is 69.5 Å². The normalized spacial score (nSPS) is 22.7. The minimum Gasteiger partial charge on any atom is -0.383 e. The average molecular weight is 513 g/mol. The molecule has 7 rings (SSSR count). The Morgan fingerprint density at radius 1 is 1.11 bits per heavy atom. The molecule has 3 fully saturated rings. The maximum atomic E-state index is 13.1. The number of aromatic amines is 1. The number of hydrogen-bond donors (Lipinski definition) is 3. The number of carbonyl (C=O) groups excluding carboxylic acids is 2. The number of ketones is 1. The minimum absolute atomic E-state index is 0.0107. The Morgan fingerprint density at radius 2 is 1.89 bits per heavy atom. The summed E-state index contributed by atoms with van der Waals surface area (Å²) in [5.74, 6) is 1.10. The van der Waals surface area contributed by atoms with Crippen molar-refractivity contribution in [3.63, 3.8) is 0 Å². The van der Waals surface area contributed by atoms with E-state index in [0.717, 1.165) is 29.8 Å². The van der Waals surface area contributed by atoms with Crippen molar-refractivity contribution in [2.24, 2.45) is 0 Å². The van der Waals surface area contributed by atoms with Crippen LogP contribution in [0.1, 0.15) is 78.0 Å². The SMILES string of the molecule is CC(=O)c1c([C@H]2C[C@H]3CC[C@@H](C2)N3C(=O)c2nnc[nH]2)nc2c(-c3ccc(NC4CC4)nc3)cnn2c1N. The van der Waals surface area contributed by atoms with E-state index < -0.39 is 0 Å². The van der Waals surface area contributed by atoms with Crippen LogP contribution in [-0.2, 0) is 0 Å². The van der Waals surface area contributed by atoms with E-state index in [-0.39, 0.29) is 41.3 Å². The first-order chi connectivity index (χ1) is 18.5. The third-order valence-electron chi connectivity index (χ3n) is 8.04. The van der Waals surface area contributed by atoms with Crippen LogP contribution in [0, 0.1) is 0 Å². The number of amides is 1. The highest BCUT2D eigenvalue weighted by molar-refractivity contribution is 6.00. The summed E-state index contributed by atoms with van der Waals surface area (Å²) in [4.78, 5) is 40.3. The van der Waals surface area contributed by atoms with Gasteiger partial charge in [0.05, 0.1) is 17.5 Å². The first-order valence-corrected chi connectivity index (χ1v) is 13.1. The quantitative estimate of drug-likeness (QED) is 0.330. The summed E-state index contributed by atoms with van der Waals surface area (Å²) in [5.41, 5.74) is 9.94. The largest absolute Gasteiger partial charge is 0.383 e. The average Bonchev–Trinajstić information content (AvgIpc) is 3.27. The lowest BCUT2D eigenvalue weighted by Crippen LogP contribution is -2.46. The molecule has 3 aliphatic rings. The molecule has 2 saturated heterocycles. The molecule has 1 aliphatic carbocycles. The Labute approximate surface area is 218 Å². The van der Waals surface area contributed by atoms with E-state index in [9.17, 15) is 9.59 Å². The number of anilines is 2. The number of pyridine rings is 1. The molecule has 12 heteroatoms. The number of nitrogens with zero attached hydrogens (tertiary/aromatic N) is 7. The molecule has 0 radical (unpaired) electrons. The number of carbonyl (C=O) groups is 2. The molecule has 38 heavy (non-hydrogen) atoms. The summed E-state index contributed by atoms with van der Waals surface area (Å²) in [7, 11) is 0. The predicted molar refractivity (Wildman–Crippen MR) is 139 cm³/mol. The topological polar surface area (TPSA) is 160 Å². The van der Waals surface area contributed by atoms with Gasteiger partial charge in [0.2, 0.25) is 5.82 Å². The van der Waals surface area contributed by atoms with Crippen molar-refractivity contribution >= 4 is 29.0 Å². The van der Waals surface area contributed by atoms with Crippen LogP contribution in [0.2, 0.25) is 0 Å². The molecule has 194 valence electrons. The highest BCUT2D eigenvalue weighted by Gasteiger charge is 2.45. The second-order valence-electron chi connectivity index (χ2n) is 10.6. The minimum atomic E-state index is -0.145. The molecule has 1 saturated carbocycles. The number of rotatable bonds is 6. The van der Waals surface area contributed by atoms with Gasteiger partial charge < -0.3 is 20.9 Å². The number of aromatic nitrogens is 7. The number of H-pyrrole nitrogens is 1. The van der Waals surface area contributed by atoms with Gasteiger partial charge >= 0.3 is 0 Å². The van der Waals surface area contributed by atoms with E-state index in [2.05, 4.69) is 30.6 Å². The molecular weight excluding hydrogens is 484 g/mol. The third kappa shape index (κ3) is 3.70. The fraction of sp³-hybridized carbons (Fsp3) is 0.423. The molecule has 0 aromatic carbocycles. The van der Waals surface area contributed by atoms with Crippen LogP contribution in [0.15, 0.2) is 30.9 Å². The summed E-state index contributed by atoms with van der Waals surface area (Å²) >= 11 is 0. The Hall–Kier alpha value is -4.35. The Balaban J connectivity index is 1.25. The van der Waals surface area contributed by atoms with Crippen molar-refractivity contribution < 1.29 is 9.59 Å². The number of nitrogens with one attached hydrogen (secondary N) is 2. The summed E-state index contributed by atoms with van der Waals surface area (Å²) in [6.07, 6.45) is 10.5. The Kier molecular flexibility index (Phi) is 5.17. The highest BCUT2D eigenvalue weighted by Crippen LogP contribution is 2.45. The summed E-state index contributed by atoms with van der Waals surface area (Å²) in [6.45, 7) is 1.51.